The van der Waals surface area contributed by atoms with Gasteiger partial charge in [0.1, 0.15) is 0 Å². The summed E-state index contributed by atoms with van der Waals surface area (Å²) in [6, 6.07) is 7.92. The second-order valence-corrected chi connectivity index (χ2v) is 5.27. The summed E-state index contributed by atoms with van der Waals surface area (Å²) in [5, 5.41) is 5.39. The first-order chi connectivity index (χ1) is 9.15. The molecule has 0 spiro atoms. The van der Waals surface area contributed by atoms with E-state index in [1.54, 1.807) is 0 Å². The first-order valence-corrected chi connectivity index (χ1v) is 7.04. The molecule has 1 heterocycles. The number of hydrogen-bond acceptors (Lipinski definition) is 4. The molecule has 0 unspecified atom stereocenters. The number of carbonyl (C=O) groups excluding carboxylic acids is 1. The van der Waals surface area contributed by atoms with Gasteiger partial charge in [0.15, 0.2) is 5.13 Å². The van der Waals surface area contributed by atoms with E-state index in [1.165, 1.54) is 11.3 Å². The lowest BCUT2D eigenvalue weighted by atomic mass is 10.1. The zero-order valence-electron chi connectivity index (χ0n) is 10.8. The summed E-state index contributed by atoms with van der Waals surface area (Å²) in [7, 11) is 0. The van der Waals surface area contributed by atoms with Crippen molar-refractivity contribution >= 4 is 22.4 Å². The number of nitrogens with one attached hydrogen (secondary N) is 1. The Bertz CT molecular complexity index is 565. The summed E-state index contributed by atoms with van der Waals surface area (Å²) < 4.78 is 0. The highest BCUT2D eigenvalue weighted by molar-refractivity contribution is 7.13. The lowest BCUT2D eigenvalue weighted by Crippen LogP contribution is -2.27. The molecule has 0 radical (unpaired) electrons. The molecule has 0 saturated carbocycles. The van der Waals surface area contributed by atoms with Gasteiger partial charge in [0, 0.05) is 18.3 Å². The van der Waals surface area contributed by atoms with Crippen molar-refractivity contribution in [3.05, 3.63) is 46.5 Å². The smallest absolute Gasteiger partial charge is 0.224 e. The minimum Gasteiger partial charge on any atom is -0.375 e. The molecule has 0 saturated heterocycles. The number of hydrogen-bond donors (Lipinski definition) is 2. The Morgan fingerprint density at radius 1 is 1.42 bits per heavy atom. The topological polar surface area (TPSA) is 68.0 Å². The van der Waals surface area contributed by atoms with Crippen molar-refractivity contribution in [2.45, 2.75) is 19.8 Å². The maximum atomic E-state index is 11.8. The summed E-state index contributed by atoms with van der Waals surface area (Å²) in [4.78, 5) is 16.0. The number of nitrogens with two attached hydrogens (primary N) is 1. The number of aromatic nitrogens is 1. The molecular formula is C14H17N3OS. The SMILES string of the molecule is Cc1ccccc1CC(=O)NCCc1csc(N)n1. The molecule has 0 bridgehead atoms. The van der Waals surface area contributed by atoms with E-state index in [2.05, 4.69) is 10.3 Å². The van der Waals surface area contributed by atoms with Crippen LogP contribution in [0, 0.1) is 6.92 Å². The van der Waals surface area contributed by atoms with Crippen LogP contribution in [0.4, 0.5) is 5.13 Å². The van der Waals surface area contributed by atoms with E-state index in [0.717, 1.165) is 16.8 Å². The van der Waals surface area contributed by atoms with Gasteiger partial charge in [0.2, 0.25) is 5.91 Å². The number of nitrogen functional groups attached to an aromatic ring is 1. The van der Waals surface area contributed by atoms with Crippen LogP contribution < -0.4 is 11.1 Å². The molecule has 0 atom stereocenters. The van der Waals surface area contributed by atoms with Gasteiger partial charge in [-0.1, -0.05) is 24.3 Å². The van der Waals surface area contributed by atoms with Crippen LogP contribution in [0.2, 0.25) is 0 Å². The highest BCUT2D eigenvalue weighted by Gasteiger charge is 2.05. The van der Waals surface area contributed by atoms with Gasteiger partial charge < -0.3 is 11.1 Å². The van der Waals surface area contributed by atoms with E-state index in [4.69, 9.17) is 5.73 Å². The molecule has 3 N–H and O–H groups in total. The molecular weight excluding hydrogens is 258 g/mol. The van der Waals surface area contributed by atoms with Crippen molar-refractivity contribution < 1.29 is 4.79 Å². The predicted octanol–water partition coefficient (Wildman–Crippen LogP) is 1.94. The van der Waals surface area contributed by atoms with Crippen molar-refractivity contribution in [1.82, 2.24) is 10.3 Å². The summed E-state index contributed by atoms with van der Waals surface area (Å²) >= 11 is 1.42. The normalized spacial score (nSPS) is 10.4. The molecule has 0 fully saturated rings. The molecule has 100 valence electrons. The maximum absolute atomic E-state index is 11.8. The standard InChI is InChI=1S/C14H17N3OS/c1-10-4-2-3-5-11(10)8-13(18)16-7-6-12-9-19-14(15)17-12/h2-5,9H,6-8H2,1H3,(H2,15,17)(H,16,18). The van der Waals surface area contributed by atoms with E-state index in [9.17, 15) is 4.79 Å². The van der Waals surface area contributed by atoms with Crippen LogP contribution in [-0.4, -0.2) is 17.4 Å². The third kappa shape index (κ3) is 4.06. The number of benzene rings is 1. The largest absolute Gasteiger partial charge is 0.375 e. The van der Waals surface area contributed by atoms with Crippen LogP contribution in [0.5, 0.6) is 0 Å². The fourth-order valence-electron chi connectivity index (χ4n) is 1.81. The monoisotopic (exact) mass is 275 g/mol. The Kier molecular flexibility index (Phi) is 4.52. The molecule has 1 aromatic heterocycles. The number of amides is 1. The van der Waals surface area contributed by atoms with E-state index in [0.29, 0.717) is 24.5 Å². The lowest BCUT2D eigenvalue weighted by Gasteiger charge is -2.06. The van der Waals surface area contributed by atoms with Gasteiger partial charge in [-0.15, -0.1) is 11.3 Å². The van der Waals surface area contributed by atoms with Crippen LogP contribution in [0.1, 0.15) is 16.8 Å². The number of rotatable bonds is 5. The van der Waals surface area contributed by atoms with E-state index < -0.39 is 0 Å². The second kappa shape index (κ2) is 6.33. The van der Waals surface area contributed by atoms with Gasteiger partial charge >= 0.3 is 0 Å². The Morgan fingerprint density at radius 2 is 2.21 bits per heavy atom. The van der Waals surface area contributed by atoms with Crippen molar-refractivity contribution in [1.29, 1.82) is 0 Å². The van der Waals surface area contributed by atoms with Crippen molar-refractivity contribution in [2.75, 3.05) is 12.3 Å². The molecule has 2 rings (SSSR count). The fourth-order valence-corrected chi connectivity index (χ4v) is 2.41. The minimum atomic E-state index is 0.0394. The predicted molar refractivity (Wildman–Crippen MR) is 78.1 cm³/mol. The van der Waals surface area contributed by atoms with Crippen molar-refractivity contribution in [3.8, 4) is 0 Å². The first-order valence-electron chi connectivity index (χ1n) is 6.16. The summed E-state index contributed by atoms with van der Waals surface area (Å²) in [6.45, 7) is 2.61. The van der Waals surface area contributed by atoms with Gasteiger partial charge in [-0.2, -0.15) is 0 Å². The van der Waals surface area contributed by atoms with Crippen LogP contribution >= 0.6 is 11.3 Å². The summed E-state index contributed by atoms with van der Waals surface area (Å²) in [5.41, 5.74) is 8.69. The highest BCUT2D eigenvalue weighted by Crippen LogP contribution is 2.11. The maximum Gasteiger partial charge on any atom is 0.224 e. The molecule has 0 aliphatic carbocycles. The van der Waals surface area contributed by atoms with Crippen LogP contribution in [0.3, 0.4) is 0 Å². The first kappa shape index (κ1) is 13.5. The number of nitrogens with zero attached hydrogens (tertiary/aromatic N) is 1. The number of thiazole rings is 1. The van der Waals surface area contributed by atoms with Crippen molar-refractivity contribution in [3.63, 3.8) is 0 Å². The van der Waals surface area contributed by atoms with Gasteiger partial charge in [0.05, 0.1) is 12.1 Å². The molecule has 5 heteroatoms. The molecule has 2 aromatic rings. The van der Waals surface area contributed by atoms with Crippen molar-refractivity contribution in [2.24, 2.45) is 0 Å². The Morgan fingerprint density at radius 3 is 2.89 bits per heavy atom. The van der Waals surface area contributed by atoms with Gasteiger partial charge in [0.25, 0.3) is 0 Å². The zero-order valence-corrected chi connectivity index (χ0v) is 11.7. The highest BCUT2D eigenvalue weighted by atomic mass is 32.1. The Labute approximate surface area is 116 Å². The number of carbonyl (C=O) groups is 1. The van der Waals surface area contributed by atoms with Crippen LogP contribution in [0.25, 0.3) is 0 Å². The molecule has 1 aromatic carbocycles. The third-order valence-electron chi connectivity index (χ3n) is 2.89. The van der Waals surface area contributed by atoms with E-state index >= 15 is 0 Å². The third-order valence-corrected chi connectivity index (χ3v) is 3.61. The Balaban J connectivity index is 1.77. The second-order valence-electron chi connectivity index (χ2n) is 4.38. The summed E-state index contributed by atoms with van der Waals surface area (Å²) in [5.74, 6) is 0.0394. The fraction of sp³-hybridized carbons (Fsp3) is 0.286. The van der Waals surface area contributed by atoms with Gasteiger partial charge in [-0.25, -0.2) is 4.98 Å². The molecule has 1 amide bonds. The van der Waals surface area contributed by atoms with Crippen LogP contribution in [0.15, 0.2) is 29.6 Å². The van der Waals surface area contributed by atoms with Gasteiger partial charge in [-0.05, 0) is 18.1 Å². The van der Waals surface area contributed by atoms with E-state index in [1.807, 2.05) is 36.6 Å². The molecule has 0 aliphatic rings. The minimum absolute atomic E-state index is 0.0394. The van der Waals surface area contributed by atoms with Crippen LogP contribution in [-0.2, 0) is 17.6 Å². The molecule has 19 heavy (non-hydrogen) atoms. The number of aryl methyl sites for hydroxylation is 1. The zero-order chi connectivity index (χ0) is 13.7. The van der Waals surface area contributed by atoms with E-state index in [-0.39, 0.29) is 5.91 Å². The lowest BCUT2D eigenvalue weighted by molar-refractivity contribution is -0.120. The quantitative estimate of drug-likeness (QED) is 0.876. The molecule has 0 aliphatic heterocycles. The Hall–Kier alpha value is -1.88. The number of anilines is 1. The average molecular weight is 275 g/mol. The summed E-state index contributed by atoms with van der Waals surface area (Å²) in [6.07, 6.45) is 1.14. The molecule has 4 nitrogen and oxygen atoms in total. The average Bonchev–Trinajstić information content (AvgIpc) is 2.78. The van der Waals surface area contributed by atoms with Gasteiger partial charge in [-0.3, -0.25) is 4.79 Å².